The van der Waals surface area contributed by atoms with E-state index in [1.165, 1.54) is 11.4 Å². The Balaban J connectivity index is 4.34. The molecule has 0 saturated heterocycles. The Bertz CT molecular complexity index is 289. The van der Waals surface area contributed by atoms with E-state index in [0.717, 1.165) is 0 Å². The number of nitrogens with one attached hydrogen (secondary N) is 1. The van der Waals surface area contributed by atoms with Crippen molar-refractivity contribution in [2.75, 3.05) is 20.1 Å². The predicted molar refractivity (Wildman–Crippen MR) is 61.2 cm³/mol. The summed E-state index contributed by atoms with van der Waals surface area (Å²) in [6, 6.07) is 0. The minimum Gasteiger partial charge on any atom is -0.393 e. The highest BCUT2D eigenvalue weighted by molar-refractivity contribution is 7.87. The third kappa shape index (κ3) is 4.32. The molecule has 1 unspecified atom stereocenters. The zero-order chi connectivity index (χ0) is 11.4. The predicted octanol–water partition coefficient (Wildman–Crippen LogP) is -0.305. The van der Waals surface area contributed by atoms with Gasteiger partial charge in [-0.3, -0.25) is 0 Å². The molecule has 3 N–H and O–H groups in total. The van der Waals surface area contributed by atoms with Crippen molar-refractivity contribution in [3.05, 3.63) is 0 Å². The van der Waals surface area contributed by atoms with Crippen molar-refractivity contribution < 1.29 is 8.42 Å². The van der Waals surface area contributed by atoms with Crippen LogP contribution in [0, 0.1) is 5.92 Å². The molecule has 0 spiro atoms. The van der Waals surface area contributed by atoms with Gasteiger partial charge in [-0.05, 0) is 0 Å². The molecule has 0 radical (unpaired) electrons. The van der Waals surface area contributed by atoms with Crippen molar-refractivity contribution in [2.45, 2.75) is 13.8 Å². The molecule has 0 saturated carbocycles. The van der Waals surface area contributed by atoms with Gasteiger partial charge in [0.15, 0.2) is 0 Å². The standard InChI is InChI=1S/C7H17N3O2S2/c1-4-9-14(11,12)10(3)5-6(2)7(8)13/h6,9H,4-5H2,1-3H3,(H2,8,13). The van der Waals surface area contributed by atoms with Gasteiger partial charge in [0, 0.05) is 26.1 Å². The smallest absolute Gasteiger partial charge is 0.279 e. The molecule has 0 aromatic carbocycles. The number of hydrogen-bond acceptors (Lipinski definition) is 3. The molecule has 0 aromatic rings. The summed E-state index contributed by atoms with van der Waals surface area (Å²) >= 11 is 4.76. The van der Waals surface area contributed by atoms with Gasteiger partial charge in [0.2, 0.25) is 0 Å². The molecule has 0 amide bonds. The Kier molecular flexibility index (Phi) is 5.50. The number of nitrogens with zero attached hydrogens (tertiary/aromatic N) is 1. The summed E-state index contributed by atoms with van der Waals surface area (Å²) in [6.07, 6.45) is 0. The molecule has 14 heavy (non-hydrogen) atoms. The molecule has 0 fully saturated rings. The van der Waals surface area contributed by atoms with Crippen LogP contribution in [0.2, 0.25) is 0 Å². The van der Waals surface area contributed by atoms with Crippen molar-refractivity contribution in [1.29, 1.82) is 0 Å². The summed E-state index contributed by atoms with van der Waals surface area (Å²) in [7, 11) is -1.88. The lowest BCUT2D eigenvalue weighted by Crippen LogP contribution is -2.42. The monoisotopic (exact) mass is 239 g/mol. The van der Waals surface area contributed by atoms with Crippen LogP contribution in [0.5, 0.6) is 0 Å². The Morgan fingerprint density at radius 1 is 1.64 bits per heavy atom. The minimum atomic E-state index is -3.37. The summed E-state index contributed by atoms with van der Waals surface area (Å²) in [5.74, 6) is -0.122. The molecule has 0 aliphatic rings. The van der Waals surface area contributed by atoms with Crippen LogP contribution in [0.25, 0.3) is 0 Å². The zero-order valence-corrected chi connectivity index (χ0v) is 10.3. The maximum atomic E-state index is 11.4. The van der Waals surface area contributed by atoms with E-state index in [9.17, 15) is 8.42 Å². The summed E-state index contributed by atoms with van der Waals surface area (Å²) in [6.45, 7) is 4.18. The number of thiocarbonyl (C=S) groups is 1. The number of hydrogen-bond donors (Lipinski definition) is 2. The van der Waals surface area contributed by atoms with Gasteiger partial charge in [-0.2, -0.15) is 12.7 Å². The first-order valence-corrected chi connectivity index (χ1v) is 6.16. The fraction of sp³-hybridized carbons (Fsp3) is 0.857. The van der Waals surface area contributed by atoms with Crippen LogP contribution in [0.4, 0.5) is 0 Å². The maximum absolute atomic E-state index is 11.4. The largest absolute Gasteiger partial charge is 0.393 e. The first-order valence-electron chi connectivity index (χ1n) is 4.31. The van der Waals surface area contributed by atoms with E-state index in [1.54, 1.807) is 13.8 Å². The molecule has 1 atom stereocenters. The fourth-order valence-electron chi connectivity index (χ4n) is 0.866. The van der Waals surface area contributed by atoms with Crippen LogP contribution < -0.4 is 10.5 Å². The molecule has 0 rings (SSSR count). The molecule has 7 heteroatoms. The molecule has 0 heterocycles. The van der Waals surface area contributed by atoms with Crippen LogP contribution in [0.15, 0.2) is 0 Å². The normalized spacial score (nSPS) is 14.3. The maximum Gasteiger partial charge on any atom is 0.279 e. The Morgan fingerprint density at radius 2 is 2.14 bits per heavy atom. The van der Waals surface area contributed by atoms with Crippen LogP contribution in [0.1, 0.15) is 13.8 Å². The van der Waals surface area contributed by atoms with Crippen LogP contribution in [-0.4, -0.2) is 37.8 Å². The molecule has 0 aromatic heterocycles. The molecular weight excluding hydrogens is 222 g/mol. The average molecular weight is 239 g/mol. The highest BCUT2D eigenvalue weighted by Crippen LogP contribution is 2.02. The zero-order valence-electron chi connectivity index (χ0n) is 8.65. The van der Waals surface area contributed by atoms with E-state index in [-0.39, 0.29) is 5.92 Å². The lowest BCUT2D eigenvalue weighted by molar-refractivity contribution is 0.437. The van der Waals surface area contributed by atoms with Gasteiger partial charge in [-0.25, -0.2) is 4.72 Å². The van der Waals surface area contributed by atoms with E-state index in [4.69, 9.17) is 18.0 Å². The van der Waals surface area contributed by atoms with Gasteiger partial charge in [-0.1, -0.05) is 26.1 Å². The second-order valence-electron chi connectivity index (χ2n) is 3.09. The third-order valence-electron chi connectivity index (χ3n) is 1.75. The topological polar surface area (TPSA) is 75.4 Å². The molecule has 0 aliphatic heterocycles. The molecular formula is C7H17N3O2S2. The van der Waals surface area contributed by atoms with Gasteiger partial charge in [0.05, 0.1) is 4.99 Å². The summed E-state index contributed by atoms with van der Waals surface area (Å²) < 4.78 is 26.4. The first-order chi connectivity index (χ1) is 6.31. The van der Waals surface area contributed by atoms with Gasteiger partial charge in [-0.15, -0.1) is 0 Å². The van der Waals surface area contributed by atoms with Crippen molar-refractivity contribution in [1.82, 2.24) is 9.03 Å². The van der Waals surface area contributed by atoms with E-state index in [1.807, 2.05) is 0 Å². The van der Waals surface area contributed by atoms with Crippen molar-refractivity contribution in [3.8, 4) is 0 Å². The second kappa shape index (κ2) is 5.59. The molecule has 84 valence electrons. The summed E-state index contributed by atoms with van der Waals surface area (Å²) in [4.78, 5) is 0.323. The summed E-state index contributed by atoms with van der Waals surface area (Å²) in [5.41, 5.74) is 5.39. The number of rotatable bonds is 6. The van der Waals surface area contributed by atoms with Crippen LogP contribution in [-0.2, 0) is 10.2 Å². The lowest BCUT2D eigenvalue weighted by atomic mass is 10.2. The Hall–Kier alpha value is -0.240. The highest BCUT2D eigenvalue weighted by atomic mass is 32.2. The van der Waals surface area contributed by atoms with E-state index >= 15 is 0 Å². The van der Waals surface area contributed by atoms with Gasteiger partial charge >= 0.3 is 0 Å². The summed E-state index contributed by atoms with van der Waals surface area (Å²) in [5, 5.41) is 0. The molecule has 0 bridgehead atoms. The van der Waals surface area contributed by atoms with Crippen molar-refractivity contribution >= 4 is 27.4 Å². The Morgan fingerprint density at radius 3 is 2.50 bits per heavy atom. The SMILES string of the molecule is CCNS(=O)(=O)N(C)CC(C)C(N)=S. The van der Waals surface area contributed by atoms with E-state index in [2.05, 4.69) is 4.72 Å². The van der Waals surface area contributed by atoms with Gasteiger partial charge in [0.1, 0.15) is 0 Å². The van der Waals surface area contributed by atoms with Crippen molar-refractivity contribution in [3.63, 3.8) is 0 Å². The van der Waals surface area contributed by atoms with Gasteiger partial charge in [0.25, 0.3) is 10.2 Å². The lowest BCUT2D eigenvalue weighted by Gasteiger charge is -2.20. The Labute approximate surface area is 90.8 Å². The van der Waals surface area contributed by atoms with Crippen molar-refractivity contribution in [2.24, 2.45) is 11.7 Å². The molecule has 5 nitrogen and oxygen atoms in total. The second-order valence-corrected chi connectivity index (χ2v) is 5.42. The number of nitrogens with two attached hydrogens (primary N) is 1. The van der Waals surface area contributed by atoms with Gasteiger partial charge < -0.3 is 5.73 Å². The van der Waals surface area contributed by atoms with Crippen LogP contribution >= 0.6 is 12.2 Å². The average Bonchev–Trinajstić information content (AvgIpc) is 2.03. The third-order valence-corrected chi connectivity index (χ3v) is 3.78. The fourth-order valence-corrected chi connectivity index (χ4v) is 1.95. The minimum absolute atomic E-state index is 0.122. The first kappa shape index (κ1) is 13.8. The van der Waals surface area contributed by atoms with Crippen LogP contribution in [0.3, 0.4) is 0 Å². The quantitative estimate of drug-likeness (QED) is 0.624. The van der Waals surface area contributed by atoms with E-state index in [0.29, 0.717) is 18.1 Å². The molecule has 0 aliphatic carbocycles. The highest BCUT2D eigenvalue weighted by Gasteiger charge is 2.19. The van der Waals surface area contributed by atoms with E-state index < -0.39 is 10.2 Å².